The lowest BCUT2D eigenvalue weighted by Gasteiger charge is -2.58. The maximum Gasteiger partial charge on any atom is 0.312 e. The highest BCUT2D eigenvalue weighted by atomic mass is 35.5. The van der Waals surface area contributed by atoms with E-state index in [2.05, 4.69) is 0 Å². The fraction of sp³-hybridized carbons (Fsp3) is 0.625. The summed E-state index contributed by atoms with van der Waals surface area (Å²) in [7, 11) is 0. The van der Waals surface area contributed by atoms with Crippen molar-refractivity contribution in [2.45, 2.75) is 69.8 Å². The van der Waals surface area contributed by atoms with Crippen molar-refractivity contribution in [1.82, 2.24) is 0 Å². The Morgan fingerprint density at radius 3 is 2.50 bits per heavy atom. The topological polar surface area (TPSA) is 63.7 Å². The van der Waals surface area contributed by atoms with Crippen LogP contribution in [0.5, 0.6) is 0 Å². The molecule has 4 aliphatic carbocycles. The first-order valence-electron chi connectivity index (χ1n) is 11.0. The number of hydrogen-bond donors (Lipinski definition) is 0. The van der Waals surface area contributed by atoms with Gasteiger partial charge in [0.05, 0.1) is 5.41 Å². The Morgan fingerprint density at radius 2 is 1.87 bits per heavy atom. The zero-order valence-corrected chi connectivity index (χ0v) is 18.3. The number of benzene rings is 1. The van der Waals surface area contributed by atoms with E-state index in [4.69, 9.17) is 16.3 Å². The Morgan fingerprint density at radius 1 is 1.17 bits per heavy atom. The third-order valence-corrected chi connectivity index (χ3v) is 8.16. The van der Waals surface area contributed by atoms with E-state index in [9.17, 15) is 14.4 Å². The van der Waals surface area contributed by atoms with E-state index in [1.54, 1.807) is 24.8 Å². The van der Waals surface area contributed by atoms with Gasteiger partial charge >= 0.3 is 5.97 Å². The minimum absolute atomic E-state index is 0.00256. The predicted molar refractivity (Wildman–Crippen MR) is 114 cm³/mol. The third-order valence-electron chi connectivity index (χ3n) is 7.72. The second-order valence-electron chi connectivity index (χ2n) is 10.1. The lowest BCUT2D eigenvalue weighted by Crippen LogP contribution is -2.56. The van der Waals surface area contributed by atoms with Crippen molar-refractivity contribution in [2.75, 3.05) is 11.4 Å². The Kier molecular flexibility index (Phi) is 4.55. The summed E-state index contributed by atoms with van der Waals surface area (Å²) in [5.74, 6) is 0.568. The molecular weight excluding hydrogens is 402 g/mol. The van der Waals surface area contributed by atoms with Crippen molar-refractivity contribution < 1.29 is 19.1 Å². The van der Waals surface area contributed by atoms with Gasteiger partial charge in [0.15, 0.2) is 6.10 Å². The van der Waals surface area contributed by atoms with Gasteiger partial charge in [-0.25, -0.2) is 0 Å². The van der Waals surface area contributed by atoms with Crippen LogP contribution in [0.2, 0.25) is 0 Å². The van der Waals surface area contributed by atoms with Gasteiger partial charge in [-0.05, 0) is 87.5 Å². The molecule has 4 bridgehead atoms. The SMILES string of the molecule is CC(=O)N1CCc2cc(C(=O)[C@@H](C)OC(=O)C34C[C@H]5C[C@@H](CC(Cl)(C5)C3)C4)ccc21. The number of anilines is 1. The molecule has 0 radical (unpaired) electrons. The molecular formula is C24H28ClNO4. The largest absolute Gasteiger partial charge is 0.454 e. The molecule has 6 rings (SSSR count). The molecule has 1 heterocycles. The van der Waals surface area contributed by atoms with Crippen LogP contribution in [-0.2, 0) is 20.7 Å². The van der Waals surface area contributed by atoms with Gasteiger partial charge in [0, 0.05) is 29.6 Å². The van der Waals surface area contributed by atoms with E-state index in [1.807, 2.05) is 12.1 Å². The van der Waals surface area contributed by atoms with Crippen LogP contribution in [0.3, 0.4) is 0 Å². The first-order chi connectivity index (χ1) is 14.2. The van der Waals surface area contributed by atoms with Crippen molar-refractivity contribution in [3.63, 3.8) is 0 Å². The zero-order chi connectivity index (χ0) is 21.3. The molecule has 4 saturated carbocycles. The molecule has 1 aromatic carbocycles. The van der Waals surface area contributed by atoms with Crippen molar-refractivity contribution in [3.05, 3.63) is 29.3 Å². The first-order valence-corrected chi connectivity index (χ1v) is 11.4. The van der Waals surface area contributed by atoms with Crippen LogP contribution in [0.1, 0.15) is 68.3 Å². The van der Waals surface area contributed by atoms with Gasteiger partial charge < -0.3 is 9.64 Å². The second kappa shape index (κ2) is 6.81. The summed E-state index contributed by atoms with van der Waals surface area (Å²) < 4.78 is 5.76. The lowest BCUT2D eigenvalue weighted by atomic mass is 9.49. The van der Waals surface area contributed by atoms with Crippen LogP contribution < -0.4 is 4.90 Å². The van der Waals surface area contributed by atoms with Crippen molar-refractivity contribution >= 4 is 34.9 Å². The van der Waals surface area contributed by atoms with E-state index < -0.39 is 11.5 Å². The fourth-order valence-electron chi connectivity index (χ4n) is 6.85. The van der Waals surface area contributed by atoms with Gasteiger partial charge in [-0.1, -0.05) is 0 Å². The number of nitrogens with zero attached hydrogens (tertiary/aromatic N) is 1. The number of carbonyl (C=O) groups excluding carboxylic acids is 3. The summed E-state index contributed by atoms with van der Waals surface area (Å²) in [5.41, 5.74) is 1.86. The molecule has 4 fully saturated rings. The van der Waals surface area contributed by atoms with Crippen LogP contribution in [0, 0.1) is 17.3 Å². The van der Waals surface area contributed by atoms with Gasteiger partial charge in [-0.2, -0.15) is 0 Å². The van der Waals surface area contributed by atoms with Crippen LogP contribution in [0.4, 0.5) is 5.69 Å². The van der Waals surface area contributed by atoms with E-state index in [-0.39, 0.29) is 22.5 Å². The highest BCUT2D eigenvalue weighted by molar-refractivity contribution is 6.24. The number of alkyl halides is 1. The average molecular weight is 430 g/mol. The monoisotopic (exact) mass is 429 g/mol. The number of fused-ring (bicyclic) bond motifs is 1. The van der Waals surface area contributed by atoms with Crippen molar-refractivity contribution in [2.24, 2.45) is 17.3 Å². The molecule has 0 aromatic heterocycles. The zero-order valence-electron chi connectivity index (χ0n) is 17.6. The fourth-order valence-corrected chi connectivity index (χ4v) is 7.54. The van der Waals surface area contributed by atoms with E-state index in [1.165, 1.54) is 6.42 Å². The van der Waals surface area contributed by atoms with Gasteiger partial charge in [-0.3, -0.25) is 14.4 Å². The number of hydrogen-bond acceptors (Lipinski definition) is 4. The molecule has 1 aromatic rings. The van der Waals surface area contributed by atoms with Gasteiger partial charge in [0.1, 0.15) is 0 Å². The molecule has 0 saturated heterocycles. The number of ketones is 1. The number of esters is 1. The molecule has 160 valence electrons. The minimum Gasteiger partial charge on any atom is -0.454 e. The molecule has 0 N–H and O–H groups in total. The number of carbonyl (C=O) groups is 3. The average Bonchev–Trinajstić information content (AvgIpc) is 3.08. The number of ether oxygens (including phenoxy) is 1. The Hall–Kier alpha value is -1.88. The summed E-state index contributed by atoms with van der Waals surface area (Å²) in [6.45, 7) is 3.84. The molecule has 1 amide bonds. The van der Waals surface area contributed by atoms with Gasteiger partial charge in [-0.15, -0.1) is 11.6 Å². The minimum atomic E-state index is -0.833. The summed E-state index contributed by atoms with van der Waals surface area (Å²) >= 11 is 6.84. The summed E-state index contributed by atoms with van der Waals surface area (Å²) in [6.07, 6.45) is 5.43. The van der Waals surface area contributed by atoms with Crippen LogP contribution in [0.15, 0.2) is 18.2 Å². The molecule has 1 aliphatic heterocycles. The molecule has 5 aliphatic rings. The molecule has 0 spiro atoms. The van der Waals surface area contributed by atoms with E-state index in [0.29, 0.717) is 30.4 Å². The van der Waals surface area contributed by atoms with Crippen molar-refractivity contribution in [3.8, 4) is 0 Å². The number of amides is 1. The molecule has 30 heavy (non-hydrogen) atoms. The standard InChI is InChI=1S/C24H28ClNO4/c1-14(21(28)19-3-4-20-18(8-19)5-6-26(20)15(2)27)30-22(29)23-9-16-7-17(10-23)12-24(25,11-16)13-23/h3-4,8,14,16-17H,5-7,9-13H2,1-2H3/t14-,16-,17-,23?,24?/m1/s1. The number of halogens is 1. The first kappa shape index (κ1) is 20.0. The van der Waals surface area contributed by atoms with E-state index >= 15 is 0 Å². The predicted octanol–water partition coefficient (Wildman–Crippen LogP) is 4.29. The van der Waals surface area contributed by atoms with Crippen LogP contribution >= 0.6 is 11.6 Å². The normalized spacial score (nSPS) is 34.6. The number of rotatable bonds is 4. The van der Waals surface area contributed by atoms with E-state index in [0.717, 1.165) is 43.4 Å². The van der Waals surface area contributed by atoms with Crippen molar-refractivity contribution in [1.29, 1.82) is 0 Å². The third kappa shape index (κ3) is 3.17. The molecule has 5 nitrogen and oxygen atoms in total. The summed E-state index contributed by atoms with van der Waals surface area (Å²) in [4.78, 5) is 39.4. The molecule has 3 atom stereocenters. The molecule has 0 unspecified atom stereocenters. The van der Waals surface area contributed by atoms with Crippen LogP contribution in [0.25, 0.3) is 0 Å². The number of Topliss-reactive ketones (excluding diaryl/α,β-unsaturated/α-hetero) is 1. The second-order valence-corrected chi connectivity index (χ2v) is 10.9. The smallest absolute Gasteiger partial charge is 0.312 e. The Balaban J connectivity index is 1.30. The highest BCUT2D eigenvalue weighted by Crippen LogP contribution is 2.64. The van der Waals surface area contributed by atoms with Crippen LogP contribution in [-0.4, -0.2) is 35.2 Å². The lowest BCUT2D eigenvalue weighted by molar-refractivity contribution is -0.172. The summed E-state index contributed by atoms with van der Waals surface area (Å²) in [5, 5.41) is 0. The molecule has 6 heteroatoms. The van der Waals surface area contributed by atoms with Gasteiger partial charge in [0.25, 0.3) is 0 Å². The summed E-state index contributed by atoms with van der Waals surface area (Å²) in [6, 6.07) is 5.39. The maximum absolute atomic E-state index is 13.2. The maximum atomic E-state index is 13.2. The quantitative estimate of drug-likeness (QED) is 0.407. The van der Waals surface area contributed by atoms with Gasteiger partial charge in [0.2, 0.25) is 11.7 Å². The Labute approximate surface area is 182 Å². The Bertz CT molecular complexity index is 927. The highest BCUT2D eigenvalue weighted by Gasteiger charge is 2.61.